The first-order valence-electron chi connectivity index (χ1n) is 8.70. The lowest BCUT2D eigenvalue weighted by molar-refractivity contribution is -0.126. The van der Waals surface area contributed by atoms with Gasteiger partial charge in [-0.15, -0.1) is 0 Å². The fraction of sp³-hybridized carbons (Fsp3) is 0.250. The number of halogens is 1. The first kappa shape index (κ1) is 20.9. The maximum absolute atomic E-state index is 12.8. The lowest BCUT2D eigenvalue weighted by atomic mass is 10.2. The molecule has 0 unspecified atom stereocenters. The second kappa shape index (κ2) is 10.7. The summed E-state index contributed by atoms with van der Waals surface area (Å²) in [5, 5.41) is 6.33. The average molecular weight is 387 g/mol. The molecule has 0 fully saturated rings. The molecule has 7 nitrogen and oxygen atoms in total. The maximum Gasteiger partial charge on any atom is 0.249 e. The van der Waals surface area contributed by atoms with Crippen LogP contribution in [0.3, 0.4) is 0 Å². The Morgan fingerprint density at radius 2 is 1.86 bits per heavy atom. The van der Waals surface area contributed by atoms with Gasteiger partial charge in [0.25, 0.3) is 0 Å². The van der Waals surface area contributed by atoms with Gasteiger partial charge in [-0.3, -0.25) is 9.59 Å². The largest absolute Gasteiger partial charge is 0.493 e. The van der Waals surface area contributed by atoms with Crippen LogP contribution in [0, 0.1) is 5.82 Å². The van der Waals surface area contributed by atoms with Gasteiger partial charge in [0, 0.05) is 5.69 Å². The number of benzene rings is 2. The number of rotatable bonds is 9. The van der Waals surface area contributed by atoms with Crippen molar-refractivity contribution in [3.63, 3.8) is 0 Å². The normalized spacial score (nSPS) is 10.5. The Balaban J connectivity index is 1.85. The van der Waals surface area contributed by atoms with Crippen LogP contribution >= 0.6 is 0 Å². The third-order valence-corrected chi connectivity index (χ3v) is 3.50. The van der Waals surface area contributed by atoms with Crippen LogP contribution < -0.4 is 20.2 Å². The van der Waals surface area contributed by atoms with Gasteiger partial charge in [0.05, 0.1) is 19.9 Å². The molecule has 8 heteroatoms. The Morgan fingerprint density at radius 3 is 2.54 bits per heavy atom. The van der Waals surface area contributed by atoms with Gasteiger partial charge in [0.1, 0.15) is 12.2 Å². The third kappa shape index (κ3) is 6.71. The highest BCUT2D eigenvalue weighted by atomic mass is 19.1. The summed E-state index contributed by atoms with van der Waals surface area (Å²) in [6.45, 7) is 2.59. The molecule has 2 amide bonds. The van der Waals surface area contributed by atoms with Crippen molar-refractivity contribution in [3.05, 3.63) is 53.8 Å². The molecular formula is C20H22FN3O4. The molecule has 0 saturated carbocycles. The highest BCUT2D eigenvalue weighted by Gasteiger charge is 2.09. The molecule has 2 aromatic rings. The molecule has 0 spiro atoms. The summed E-state index contributed by atoms with van der Waals surface area (Å²) in [6.07, 6.45) is 1.90. The summed E-state index contributed by atoms with van der Waals surface area (Å²) in [5.41, 5.74) is 3.38. The Labute approximate surface area is 162 Å². The van der Waals surface area contributed by atoms with Crippen LogP contribution in [0.5, 0.6) is 11.5 Å². The summed E-state index contributed by atoms with van der Waals surface area (Å²) >= 11 is 0. The second-order valence-electron chi connectivity index (χ2n) is 5.78. The van der Waals surface area contributed by atoms with Crippen molar-refractivity contribution in [1.29, 1.82) is 0 Å². The van der Waals surface area contributed by atoms with E-state index in [4.69, 9.17) is 9.47 Å². The van der Waals surface area contributed by atoms with Crippen molar-refractivity contribution < 1.29 is 23.5 Å². The monoisotopic (exact) mass is 387 g/mol. The van der Waals surface area contributed by atoms with Crippen LogP contribution in [0.1, 0.15) is 25.3 Å². The molecule has 2 N–H and O–H groups in total. The molecule has 2 rings (SSSR count). The minimum absolute atomic E-state index is 0.403. The van der Waals surface area contributed by atoms with Gasteiger partial charge in [0.15, 0.2) is 11.5 Å². The first-order chi connectivity index (χ1) is 13.5. The Hall–Kier alpha value is -3.42. The van der Waals surface area contributed by atoms with E-state index in [1.54, 1.807) is 18.2 Å². The summed E-state index contributed by atoms with van der Waals surface area (Å²) < 4.78 is 23.7. The number of ether oxygens (including phenoxy) is 2. The van der Waals surface area contributed by atoms with Crippen LogP contribution in [0.4, 0.5) is 10.1 Å². The number of amides is 2. The fourth-order valence-corrected chi connectivity index (χ4v) is 2.20. The molecule has 0 aliphatic carbocycles. The van der Waals surface area contributed by atoms with E-state index in [1.807, 2.05) is 6.92 Å². The van der Waals surface area contributed by atoms with Crippen LogP contribution in [0.15, 0.2) is 47.6 Å². The lowest BCUT2D eigenvalue weighted by Gasteiger charge is -2.10. The number of nitrogens with zero attached hydrogens (tertiary/aromatic N) is 1. The Kier molecular flexibility index (Phi) is 7.95. The van der Waals surface area contributed by atoms with Gasteiger partial charge < -0.3 is 14.8 Å². The van der Waals surface area contributed by atoms with Crippen molar-refractivity contribution >= 4 is 23.7 Å². The third-order valence-electron chi connectivity index (χ3n) is 3.50. The van der Waals surface area contributed by atoms with Crippen LogP contribution in [0.2, 0.25) is 0 Å². The summed E-state index contributed by atoms with van der Waals surface area (Å²) in [7, 11) is 1.54. The molecule has 0 saturated heterocycles. The zero-order chi connectivity index (χ0) is 20.4. The average Bonchev–Trinajstić information content (AvgIpc) is 2.68. The molecule has 0 radical (unpaired) electrons. The molecule has 28 heavy (non-hydrogen) atoms. The number of hydrogen-bond donors (Lipinski definition) is 2. The zero-order valence-corrected chi connectivity index (χ0v) is 15.7. The quantitative estimate of drug-likeness (QED) is 0.393. The van der Waals surface area contributed by atoms with E-state index < -0.39 is 24.1 Å². The maximum atomic E-state index is 12.8. The molecule has 148 valence electrons. The highest BCUT2D eigenvalue weighted by Crippen LogP contribution is 2.27. The van der Waals surface area contributed by atoms with Crippen LogP contribution in [-0.4, -0.2) is 31.7 Å². The number of carbonyl (C=O) groups excluding carboxylic acids is 2. The highest BCUT2D eigenvalue weighted by molar-refractivity contribution is 6.03. The van der Waals surface area contributed by atoms with Gasteiger partial charge >= 0.3 is 0 Å². The number of anilines is 1. The van der Waals surface area contributed by atoms with Gasteiger partial charge in [-0.1, -0.05) is 6.92 Å². The molecule has 0 aliphatic rings. The fourth-order valence-electron chi connectivity index (χ4n) is 2.20. The molecule has 0 atom stereocenters. The van der Waals surface area contributed by atoms with Crippen molar-refractivity contribution in [3.8, 4) is 11.5 Å². The van der Waals surface area contributed by atoms with Crippen LogP contribution in [-0.2, 0) is 9.59 Å². The molecule has 2 aromatic carbocycles. The molecular weight excluding hydrogens is 365 g/mol. The van der Waals surface area contributed by atoms with E-state index in [9.17, 15) is 14.0 Å². The predicted molar refractivity (Wildman–Crippen MR) is 104 cm³/mol. The van der Waals surface area contributed by atoms with E-state index in [2.05, 4.69) is 15.8 Å². The Morgan fingerprint density at radius 1 is 1.11 bits per heavy atom. The second-order valence-corrected chi connectivity index (χ2v) is 5.78. The number of methoxy groups -OCH3 is 1. The van der Waals surface area contributed by atoms with Gasteiger partial charge in [-0.25, -0.2) is 9.82 Å². The van der Waals surface area contributed by atoms with Gasteiger partial charge in [0.2, 0.25) is 11.8 Å². The molecule has 0 aromatic heterocycles. The number of nitrogens with one attached hydrogen (secondary N) is 2. The van der Waals surface area contributed by atoms with E-state index in [1.165, 1.54) is 37.6 Å². The summed E-state index contributed by atoms with van der Waals surface area (Å²) in [5.74, 6) is -0.332. The molecule has 0 aliphatic heterocycles. The zero-order valence-electron chi connectivity index (χ0n) is 15.7. The van der Waals surface area contributed by atoms with Crippen molar-refractivity contribution in [1.82, 2.24) is 5.43 Å². The predicted octanol–water partition coefficient (Wildman–Crippen LogP) is 3.10. The SMILES string of the molecule is CCCOc1ccc(C=NNC(=O)CC(=O)Nc2ccc(F)cc2)cc1OC. The summed E-state index contributed by atoms with van der Waals surface area (Å²) in [6, 6.07) is 10.5. The van der Waals surface area contributed by atoms with E-state index in [0.717, 1.165) is 6.42 Å². The van der Waals surface area contributed by atoms with Gasteiger partial charge in [-0.05, 0) is 54.4 Å². The van der Waals surface area contributed by atoms with Crippen molar-refractivity contribution in [2.45, 2.75) is 19.8 Å². The first-order valence-corrected chi connectivity index (χ1v) is 8.70. The van der Waals surface area contributed by atoms with E-state index >= 15 is 0 Å². The lowest BCUT2D eigenvalue weighted by Crippen LogP contribution is -2.24. The number of hydrazone groups is 1. The van der Waals surface area contributed by atoms with Crippen LogP contribution in [0.25, 0.3) is 0 Å². The van der Waals surface area contributed by atoms with E-state index in [-0.39, 0.29) is 0 Å². The molecule has 0 heterocycles. The Bertz CT molecular complexity index is 838. The number of hydrogen-bond acceptors (Lipinski definition) is 5. The smallest absolute Gasteiger partial charge is 0.249 e. The van der Waals surface area contributed by atoms with Crippen molar-refractivity contribution in [2.24, 2.45) is 5.10 Å². The molecule has 0 bridgehead atoms. The topological polar surface area (TPSA) is 89.0 Å². The van der Waals surface area contributed by atoms with Gasteiger partial charge in [-0.2, -0.15) is 5.10 Å². The minimum Gasteiger partial charge on any atom is -0.493 e. The van der Waals surface area contributed by atoms with Crippen molar-refractivity contribution in [2.75, 3.05) is 19.0 Å². The minimum atomic E-state index is -0.578. The number of carbonyl (C=O) groups is 2. The standard InChI is InChI=1S/C20H22FN3O4/c1-3-10-28-17-9-4-14(11-18(17)27-2)13-22-24-20(26)12-19(25)23-16-7-5-15(21)6-8-16/h4-9,11,13H,3,10,12H2,1-2H3,(H,23,25)(H,24,26). The van der Waals surface area contributed by atoms with E-state index in [0.29, 0.717) is 29.4 Å². The summed E-state index contributed by atoms with van der Waals surface area (Å²) in [4.78, 5) is 23.6.